The van der Waals surface area contributed by atoms with Crippen LogP contribution in [0, 0.1) is 0 Å². The van der Waals surface area contributed by atoms with Crippen molar-refractivity contribution in [1.82, 2.24) is 10.3 Å². The van der Waals surface area contributed by atoms with E-state index < -0.39 is 0 Å². The minimum absolute atomic E-state index is 0.0191. The van der Waals surface area contributed by atoms with E-state index in [9.17, 15) is 0 Å². The first-order valence-corrected chi connectivity index (χ1v) is 7.28. The Bertz CT molecular complexity index is 575. The molecule has 5 nitrogen and oxygen atoms in total. The molecule has 0 aliphatic heterocycles. The summed E-state index contributed by atoms with van der Waals surface area (Å²) in [7, 11) is 1.61. The number of aliphatic hydroxyl groups excluding tert-OH is 1. The van der Waals surface area contributed by atoms with Crippen LogP contribution in [0.1, 0.15) is 24.1 Å². The summed E-state index contributed by atoms with van der Waals surface area (Å²) >= 11 is 0. The smallest absolute Gasteiger partial charge is 0.161 e. The van der Waals surface area contributed by atoms with Crippen molar-refractivity contribution in [3.63, 3.8) is 0 Å². The molecule has 118 valence electrons. The maximum atomic E-state index is 8.83. The highest BCUT2D eigenvalue weighted by molar-refractivity contribution is 5.43. The van der Waals surface area contributed by atoms with Crippen molar-refractivity contribution in [3.05, 3.63) is 53.9 Å². The number of ether oxygens (including phenoxy) is 2. The van der Waals surface area contributed by atoms with Crippen molar-refractivity contribution in [3.8, 4) is 11.5 Å². The Morgan fingerprint density at radius 2 is 1.95 bits per heavy atom. The summed E-state index contributed by atoms with van der Waals surface area (Å²) in [5.74, 6) is 1.31. The molecule has 1 unspecified atom stereocenters. The Kier molecular flexibility index (Phi) is 6.18. The van der Waals surface area contributed by atoms with Gasteiger partial charge in [-0.1, -0.05) is 6.07 Å². The molecule has 22 heavy (non-hydrogen) atoms. The van der Waals surface area contributed by atoms with E-state index in [2.05, 4.69) is 17.2 Å². The lowest BCUT2D eigenvalue weighted by Gasteiger charge is -2.17. The summed E-state index contributed by atoms with van der Waals surface area (Å²) < 4.78 is 10.8. The van der Waals surface area contributed by atoms with Gasteiger partial charge in [-0.2, -0.15) is 0 Å². The van der Waals surface area contributed by atoms with Gasteiger partial charge in [-0.25, -0.2) is 0 Å². The topological polar surface area (TPSA) is 63.6 Å². The zero-order valence-corrected chi connectivity index (χ0v) is 13.0. The fraction of sp³-hybridized carbons (Fsp3) is 0.353. The van der Waals surface area contributed by atoms with Gasteiger partial charge < -0.3 is 19.9 Å². The molecule has 5 heteroatoms. The van der Waals surface area contributed by atoms with E-state index in [-0.39, 0.29) is 19.3 Å². The van der Waals surface area contributed by atoms with Gasteiger partial charge in [-0.15, -0.1) is 0 Å². The van der Waals surface area contributed by atoms with Gasteiger partial charge in [-0.3, -0.25) is 4.98 Å². The van der Waals surface area contributed by atoms with Crippen molar-refractivity contribution < 1.29 is 14.6 Å². The molecule has 0 radical (unpaired) electrons. The highest BCUT2D eigenvalue weighted by Crippen LogP contribution is 2.30. The van der Waals surface area contributed by atoms with Crippen LogP contribution in [0.2, 0.25) is 0 Å². The zero-order chi connectivity index (χ0) is 15.8. The zero-order valence-electron chi connectivity index (χ0n) is 13.0. The predicted molar refractivity (Wildman–Crippen MR) is 85.1 cm³/mol. The minimum Gasteiger partial charge on any atom is -0.493 e. The number of pyridine rings is 1. The Labute approximate surface area is 130 Å². The first kappa shape index (κ1) is 16.3. The molecule has 2 aromatic rings. The number of aromatic nitrogens is 1. The van der Waals surface area contributed by atoms with E-state index in [4.69, 9.17) is 14.6 Å². The first-order valence-electron chi connectivity index (χ1n) is 7.28. The van der Waals surface area contributed by atoms with Crippen LogP contribution >= 0.6 is 0 Å². The predicted octanol–water partition coefficient (Wildman–Crippen LogP) is 2.31. The van der Waals surface area contributed by atoms with Crippen LogP contribution in [0.5, 0.6) is 11.5 Å². The first-order chi connectivity index (χ1) is 10.7. The Morgan fingerprint density at radius 1 is 1.18 bits per heavy atom. The molecule has 1 heterocycles. The Morgan fingerprint density at radius 3 is 2.64 bits per heavy atom. The third kappa shape index (κ3) is 4.44. The fourth-order valence-electron chi connectivity index (χ4n) is 2.12. The molecule has 0 amide bonds. The molecule has 2 N–H and O–H groups in total. The van der Waals surface area contributed by atoms with Crippen molar-refractivity contribution in [2.24, 2.45) is 0 Å². The van der Waals surface area contributed by atoms with Crippen LogP contribution in [0.25, 0.3) is 0 Å². The summed E-state index contributed by atoms with van der Waals surface area (Å²) in [5.41, 5.74) is 2.30. The van der Waals surface area contributed by atoms with Gasteiger partial charge in [-0.05, 0) is 42.3 Å². The van der Waals surface area contributed by atoms with E-state index >= 15 is 0 Å². The maximum absolute atomic E-state index is 8.83. The van der Waals surface area contributed by atoms with E-state index in [0.717, 1.165) is 12.1 Å². The lowest BCUT2D eigenvalue weighted by atomic mass is 10.1. The molecule has 0 aliphatic rings. The number of hydrogen-bond acceptors (Lipinski definition) is 5. The molecule has 1 atom stereocenters. The molecule has 0 saturated carbocycles. The van der Waals surface area contributed by atoms with E-state index in [0.29, 0.717) is 11.5 Å². The van der Waals surface area contributed by atoms with Crippen molar-refractivity contribution in [1.29, 1.82) is 0 Å². The average Bonchev–Trinajstić information content (AvgIpc) is 2.58. The highest BCUT2D eigenvalue weighted by atomic mass is 16.5. The van der Waals surface area contributed by atoms with Crippen molar-refractivity contribution in [2.75, 3.05) is 20.3 Å². The number of aliphatic hydroxyl groups is 1. The number of benzene rings is 1. The van der Waals surface area contributed by atoms with E-state index in [1.54, 1.807) is 19.5 Å². The van der Waals surface area contributed by atoms with Gasteiger partial charge in [0.15, 0.2) is 11.5 Å². The van der Waals surface area contributed by atoms with Crippen LogP contribution in [-0.4, -0.2) is 30.4 Å². The molecule has 1 aromatic heterocycles. The van der Waals surface area contributed by atoms with Crippen molar-refractivity contribution in [2.45, 2.75) is 19.5 Å². The second-order valence-corrected chi connectivity index (χ2v) is 4.94. The van der Waals surface area contributed by atoms with Crippen LogP contribution < -0.4 is 14.8 Å². The van der Waals surface area contributed by atoms with Gasteiger partial charge in [0.2, 0.25) is 0 Å². The Hall–Kier alpha value is -2.11. The lowest BCUT2D eigenvalue weighted by Crippen LogP contribution is -2.18. The quantitative estimate of drug-likeness (QED) is 0.783. The standard InChI is InChI=1S/C17H22N2O3/c1-13(19-12-14-5-7-18-8-6-14)15-3-4-16(22-10-9-20)17(11-15)21-2/h3-8,11,13,19-20H,9-10,12H2,1-2H3. The average molecular weight is 302 g/mol. The van der Waals surface area contributed by atoms with E-state index in [1.807, 2.05) is 30.3 Å². The molecule has 0 fully saturated rings. The molecule has 0 saturated heterocycles. The van der Waals surface area contributed by atoms with Crippen LogP contribution in [0.3, 0.4) is 0 Å². The Balaban J connectivity index is 2.01. The van der Waals surface area contributed by atoms with Gasteiger partial charge in [0, 0.05) is 25.0 Å². The SMILES string of the molecule is COc1cc(C(C)NCc2ccncc2)ccc1OCCO. The molecule has 0 aliphatic carbocycles. The minimum atomic E-state index is -0.0191. The number of nitrogens with one attached hydrogen (secondary N) is 1. The molecule has 2 rings (SSSR count). The van der Waals surface area contributed by atoms with Gasteiger partial charge in [0.25, 0.3) is 0 Å². The summed E-state index contributed by atoms with van der Waals surface area (Å²) in [4.78, 5) is 4.01. The molecular formula is C17H22N2O3. The van der Waals surface area contributed by atoms with Gasteiger partial charge in [0.05, 0.1) is 13.7 Å². The van der Waals surface area contributed by atoms with E-state index in [1.165, 1.54) is 5.56 Å². The van der Waals surface area contributed by atoms with Crippen LogP contribution in [0.15, 0.2) is 42.7 Å². The third-order valence-electron chi connectivity index (χ3n) is 3.40. The molecule has 0 bridgehead atoms. The van der Waals surface area contributed by atoms with Crippen LogP contribution in [-0.2, 0) is 6.54 Å². The third-order valence-corrected chi connectivity index (χ3v) is 3.40. The van der Waals surface area contributed by atoms with Crippen molar-refractivity contribution >= 4 is 0 Å². The van der Waals surface area contributed by atoms with Gasteiger partial charge in [0.1, 0.15) is 6.61 Å². The summed E-state index contributed by atoms with van der Waals surface area (Å²) in [6.45, 7) is 3.11. The summed E-state index contributed by atoms with van der Waals surface area (Å²) in [6, 6.07) is 9.98. The number of nitrogens with zero attached hydrogens (tertiary/aromatic N) is 1. The summed E-state index contributed by atoms with van der Waals surface area (Å²) in [5, 5.41) is 12.3. The second kappa shape index (κ2) is 8.36. The normalized spacial score (nSPS) is 12.0. The monoisotopic (exact) mass is 302 g/mol. The number of hydrogen-bond donors (Lipinski definition) is 2. The molecule has 0 spiro atoms. The molecule has 1 aromatic carbocycles. The van der Waals surface area contributed by atoms with Crippen LogP contribution in [0.4, 0.5) is 0 Å². The maximum Gasteiger partial charge on any atom is 0.161 e. The lowest BCUT2D eigenvalue weighted by molar-refractivity contribution is 0.196. The second-order valence-electron chi connectivity index (χ2n) is 4.94. The number of rotatable bonds is 8. The fourth-order valence-corrected chi connectivity index (χ4v) is 2.12. The number of methoxy groups -OCH3 is 1. The molecular weight excluding hydrogens is 280 g/mol. The highest BCUT2D eigenvalue weighted by Gasteiger charge is 2.10. The van der Waals surface area contributed by atoms with Gasteiger partial charge >= 0.3 is 0 Å². The largest absolute Gasteiger partial charge is 0.493 e. The summed E-state index contributed by atoms with van der Waals surface area (Å²) in [6.07, 6.45) is 3.58.